The number of carbonyl (C=O) groups excluding carboxylic acids is 3. The van der Waals surface area contributed by atoms with E-state index in [2.05, 4.69) is 0 Å². The summed E-state index contributed by atoms with van der Waals surface area (Å²) in [5.74, 6) is -2.07. The molecular weight excluding hydrogens is 222 g/mol. The Morgan fingerprint density at radius 1 is 1.29 bits per heavy atom. The highest BCUT2D eigenvalue weighted by Gasteiger charge is 2.29. The minimum absolute atomic E-state index is 0.131. The molecule has 0 bridgehead atoms. The SMILES string of the molecule is O=C([O-])CCN1C(=O)Cc2ccccc2C1=O. The maximum Gasteiger partial charge on any atom is 0.260 e. The van der Waals surface area contributed by atoms with Crippen LogP contribution in [0.5, 0.6) is 0 Å². The molecule has 17 heavy (non-hydrogen) atoms. The van der Waals surface area contributed by atoms with Gasteiger partial charge in [-0.05, 0) is 11.6 Å². The zero-order valence-electron chi connectivity index (χ0n) is 9.01. The highest BCUT2D eigenvalue weighted by molar-refractivity contribution is 6.09. The predicted octanol–water partition coefficient (Wildman–Crippen LogP) is -0.648. The monoisotopic (exact) mass is 232 g/mol. The summed E-state index contributed by atoms with van der Waals surface area (Å²) in [7, 11) is 0. The van der Waals surface area contributed by atoms with Gasteiger partial charge >= 0.3 is 0 Å². The summed E-state index contributed by atoms with van der Waals surface area (Å²) in [6.45, 7) is -0.131. The lowest BCUT2D eigenvalue weighted by atomic mass is 9.98. The molecule has 2 amide bonds. The van der Waals surface area contributed by atoms with Crippen molar-refractivity contribution in [2.24, 2.45) is 0 Å². The van der Waals surface area contributed by atoms with Gasteiger partial charge in [-0.1, -0.05) is 18.2 Å². The summed E-state index contributed by atoms with van der Waals surface area (Å²) in [6.07, 6.45) is -0.200. The average Bonchev–Trinajstić information content (AvgIpc) is 2.28. The van der Waals surface area contributed by atoms with Crippen LogP contribution in [-0.2, 0) is 16.0 Å². The number of amides is 2. The van der Waals surface area contributed by atoms with Gasteiger partial charge in [-0.25, -0.2) is 0 Å². The quantitative estimate of drug-likeness (QED) is 0.649. The van der Waals surface area contributed by atoms with Crippen LogP contribution in [0.1, 0.15) is 22.3 Å². The summed E-state index contributed by atoms with van der Waals surface area (Å²) in [5, 5.41) is 10.3. The van der Waals surface area contributed by atoms with Crippen molar-refractivity contribution in [3.8, 4) is 0 Å². The minimum atomic E-state index is -1.27. The fourth-order valence-corrected chi connectivity index (χ4v) is 1.83. The van der Waals surface area contributed by atoms with Crippen LogP contribution in [0.3, 0.4) is 0 Å². The van der Waals surface area contributed by atoms with E-state index in [1.165, 1.54) is 0 Å². The number of carboxylic acid groups (broad SMARTS) is 1. The van der Waals surface area contributed by atoms with E-state index in [0.29, 0.717) is 11.1 Å². The summed E-state index contributed by atoms with van der Waals surface area (Å²) >= 11 is 0. The molecule has 0 aliphatic carbocycles. The molecule has 1 heterocycles. The van der Waals surface area contributed by atoms with Gasteiger partial charge in [0.1, 0.15) is 0 Å². The third-order valence-electron chi connectivity index (χ3n) is 2.68. The van der Waals surface area contributed by atoms with Crippen LogP contribution in [0.4, 0.5) is 0 Å². The van der Waals surface area contributed by atoms with Gasteiger partial charge in [-0.3, -0.25) is 14.5 Å². The number of imide groups is 1. The Bertz CT molecular complexity index is 495. The number of aliphatic carboxylic acids is 1. The first-order valence-electron chi connectivity index (χ1n) is 5.22. The third-order valence-corrected chi connectivity index (χ3v) is 2.68. The second-order valence-corrected chi connectivity index (χ2v) is 3.81. The Morgan fingerprint density at radius 3 is 2.71 bits per heavy atom. The van der Waals surface area contributed by atoms with Crippen LogP contribution in [-0.4, -0.2) is 29.2 Å². The van der Waals surface area contributed by atoms with Gasteiger partial charge in [0.15, 0.2) is 0 Å². The van der Waals surface area contributed by atoms with E-state index in [4.69, 9.17) is 0 Å². The molecule has 0 atom stereocenters. The molecule has 0 saturated carbocycles. The van der Waals surface area contributed by atoms with Crippen molar-refractivity contribution in [2.45, 2.75) is 12.8 Å². The molecule has 0 unspecified atom stereocenters. The first-order chi connectivity index (χ1) is 8.09. The Morgan fingerprint density at radius 2 is 2.00 bits per heavy atom. The average molecular weight is 232 g/mol. The fourth-order valence-electron chi connectivity index (χ4n) is 1.83. The molecule has 0 radical (unpaired) electrons. The highest BCUT2D eigenvalue weighted by Crippen LogP contribution is 2.19. The lowest BCUT2D eigenvalue weighted by Gasteiger charge is -2.26. The number of fused-ring (bicyclic) bond motifs is 1. The highest BCUT2D eigenvalue weighted by atomic mass is 16.4. The number of nitrogens with zero attached hydrogens (tertiary/aromatic N) is 1. The first-order valence-corrected chi connectivity index (χ1v) is 5.22. The normalized spacial score (nSPS) is 14.7. The Balaban J connectivity index is 2.24. The molecule has 2 rings (SSSR count). The molecule has 1 aromatic rings. The Hall–Kier alpha value is -2.17. The van der Waals surface area contributed by atoms with Gasteiger partial charge in [0.05, 0.1) is 6.42 Å². The van der Waals surface area contributed by atoms with E-state index in [1.807, 2.05) is 0 Å². The van der Waals surface area contributed by atoms with Gasteiger partial charge in [-0.15, -0.1) is 0 Å². The van der Waals surface area contributed by atoms with Crippen LogP contribution in [0.15, 0.2) is 24.3 Å². The lowest BCUT2D eigenvalue weighted by Crippen LogP contribution is -2.44. The van der Waals surface area contributed by atoms with Crippen LogP contribution in [0.25, 0.3) is 0 Å². The molecule has 0 spiro atoms. The number of carbonyl (C=O) groups is 3. The van der Waals surface area contributed by atoms with Crippen molar-refractivity contribution in [1.82, 2.24) is 4.90 Å². The van der Waals surface area contributed by atoms with E-state index in [9.17, 15) is 19.5 Å². The van der Waals surface area contributed by atoms with E-state index in [-0.39, 0.29) is 25.3 Å². The van der Waals surface area contributed by atoms with Crippen LogP contribution >= 0.6 is 0 Å². The molecule has 88 valence electrons. The van der Waals surface area contributed by atoms with Crippen LogP contribution in [0.2, 0.25) is 0 Å². The summed E-state index contributed by atoms with van der Waals surface area (Å²) in [4.78, 5) is 34.9. The molecule has 1 aromatic carbocycles. The van der Waals surface area contributed by atoms with Gasteiger partial charge in [0, 0.05) is 24.5 Å². The summed E-state index contributed by atoms with van der Waals surface area (Å²) in [5.41, 5.74) is 1.15. The predicted molar refractivity (Wildman–Crippen MR) is 55.8 cm³/mol. The molecule has 1 aliphatic rings. The van der Waals surface area contributed by atoms with Gasteiger partial charge < -0.3 is 9.90 Å². The molecule has 0 fully saturated rings. The van der Waals surface area contributed by atoms with Crippen LogP contribution in [0, 0.1) is 0 Å². The minimum Gasteiger partial charge on any atom is -0.550 e. The van der Waals surface area contributed by atoms with Gasteiger partial charge in [0.25, 0.3) is 5.91 Å². The molecule has 1 aliphatic heterocycles. The van der Waals surface area contributed by atoms with Crippen molar-refractivity contribution in [2.75, 3.05) is 6.54 Å². The van der Waals surface area contributed by atoms with E-state index >= 15 is 0 Å². The van der Waals surface area contributed by atoms with Crippen molar-refractivity contribution < 1.29 is 19.5 Å². The molecule has 5 heteroatoms. The van der Waals surface area contributed by atoms with Gasteiger partial charge in [-0.2, -0.15) is 0 Å². The second-order valence-electron chi connectivity index (χ2n) is 3.81. The topological polar surface area (TPSA) is 77.5 Å². The molecule has 0 saturated heterocycles. The van der Waals surface area contributed by atoms with Crippen molar-refractivity contribution in [3.63, 3.8) is 0 Å². The number of rotatable bonds is 3. The largest absolute Gasteiger partial charge is 0.550 e. The molecule has 5 nitrogen and oxygen atoms in total. The number of benzene rings is 1. The number of hydrogen-bond acceptors (Lipinski definition) is 4. The number of hydrogen-bond donors (Lipinski definition) is 0. The second kappa shape index (κ2) is 4.37. The maximum atomic E-state index is 11.9. The Kier molecular flexibility index (Phi) is 2.91. The third kappa shape index (κ3) is 2.18. The van der Waals surface area contributed by atoms with E-state index < -0.39 is 11.9 Å². The Labute approximate surface area is 97.7 Å². The molecule has 0 aromatic heterocycles. The number of carboxylic acids is 1. The molecule has 0 N–H and O–H groups in total. The van der Waals surface area contributed by atoms with E-state index in [1.54, 1.807) is 24.3 Å². The van der Waals surface area contributed by atoms with Gasteiger partial charge in [0.2, 0.25) is 5.91 Å². The first kappa shape index (κ1) is 11.3. The van der Waals surface area contributed by atoms with Crippen LogP contribution < -0.4 is 5.11 Å². The van der Waals surface area contributed by atoms with E-state index in [0.717, 1.165) is 4.90 Å². The zero-order chi connectivity index (χ0) is 12.4. The smallest absolute Gasteiger partial charge is 0.260 e. The molecular formula is C12H10NO4-. The van der Waals surface area contributed by atoms with Crippen molar-refractivity contribution in [1.29, 1.82) is 0 Å². The lowest BCUT2D eigenvalue weighted by molar-refractivity contribution is -0.305. The standard InChI is InChI=1S/C12H11NO4/c14-10-7-8-3-1-2-4-9(8)12(17)13(10)6-5-11(15)16/h1-4H,5-7H2,(H,15,16)/p-1. The zero-order valence-corrected chi connectivity index (χ0v) is 9.01. The maximum absolute atomic E-state index is 11.9. The van der Waals surface area contributed by atoms with Crippen molar-refractivity contribution >= 4 is 17.8 Å². The summed E-state index contributed by atoms with van der Waals surface area (Å²) in [6, 6.07) is 6.83. The van der Waals surface area contributed by atoms with Crippen molar-refractivity contribution in [3.05, 3.63) is 35.4 Å². The fraction of sp³-hybridized carbons (Fsp3) is 0.250. The summed E-state index contributed by atoms with van der Waals surface area (Å²) < 4.78 is 0.